The first-order valence-corrected chi connectivity index (χ1v) is 8.18. The van der Waals surface area contributed by atoms with Crippen LogP contribution in [0, 0.1) is 5.82 Å². The third-order valence-corrected chi connectivity index (χ3v) is 4.25. The van der Waals surface area contributed by atoms with Gasteiger partial charge >= 0.3 is 0 Å². The molecule has 0 aromatic heterocycles. The van der Waals surface area contributed by atoms with E-state index in [0.717, 1.165) is 28.0 Å². The molecule has 1 N–H and O–H groups in total. The Hall–Kier alpha value is -0.900. The fourth-order valence-electron chi connectivity index (χ4n) is 2.40. The van der Waals surface area contributed by atoms with Gasteiger partial charge in [0.15, 0.2) is 0 Å². The van der Waals surface area contributed by atoms with Crippen LogP contribution in [-0.2, 0) is 12.8 Å². The lowest BCUT2D eigenvalue weighted by molar-refractivity contribution is 0.505. The molecule has 0 aliphatic heterocycles. The maximum Gasteiger partial charge on any atom is 0.126 e. The molecule has 0 amide bonds. The highest BCUT2D eigenvalue weighted by atomic mass is 79.9. The van der Waals surface area contributed by atoms with Gasteiger partial charge in [-0.2, -0.15) is 0 Å². The van der Waals surface area contributed by atoms with E-state index in [2.05, 4.69) is 28.2 Å². The van der Waals surface area contributed by atoms with Crippen LogP contribution in [-0.4, -0.2) is 12.6 Å². The van der Waals surface area contributed by atoms with Crippen LogP contribution >= 0.6 is 27.5 Å². The molecule has 4 heteroatoms. The number of halogens is 3. The molecule has 0 heterocycles. The summed E-state index contributed by atoms with van der Waals surface area (Å²) in [6.07, 6.45) is 1.41. The third-order valence-electron chi connectivity index (χ3n) is 3.39. The van der Waals surface area contributed by atoms with Crippen LogP contribution in [0.2, 0.25) is 5.02 Å². The Bertz CT molecular complexity index is 603. The minimum atomic E-state index is -0.166. The molecule has 0 saturated heterocycles. The zero-order valence-corrected chi connectivity index (χ0v) is 14.2. The zero-order chi connectivity index (χ0) is 15.2. The fraction of sp³-hybridized carbons (Fsp3) is 0.294. The normalized spacial score (nSPS) is 12.4. The molecule has 0 saturated carbocycles. The Kier molecular flexibility index (Phi) is 6.22. The molecule has 0 bridgehead atoms. The van der Waals surface area contributed by atoms with Gasteiger partial charge in [0.25, 0.3) is 0 Å². The summed E-state index contributed by atoms with van der Waals surface area (Å²) in [6, 6.07) is 13.0. The lowest BCUT2D eigenvalue weighted by Gasteiger charge is -2.19. The summed E-state index contributed by atoms with van der Waals surface area (Å²) in [5.41, 5.74) is 1.79. The van der Waals surface area contributed by atoms with E-state index in [0.29, 0.717) is 12.0 Å². The summed E-state index contributed by atoms with van der Waals surface area (Å²) in [5, 5.41) is 4.17. The van der Waals surface area contributed by atoms with Gasteiger partial charge in [-0.05, 0) is 54.8 Å². The van der Waals surface area contributed by atoms with Crippen molar-refractivity contribution in [2.45, 2.75) is 25.8 Å². The molecule has 0 radical (unpaired) electrons. The highest BCUT2D eigenvalue weighted by molar-refractivity contribution is 9.10. The average molecular weight is 371 g/mol. The Morgan fingerprint density at radius 1 is 1.14 bits per heavy atom. The first kappa shape index (κ1) is 16.5. The number of rotatable bonds is 6. The molecular weight excluding hydrogens is 353 g/mol. The molecule has 1 nitrogen and oxygen atoms in total. The first-order chi connectivity index (χ1) is 10.1. The van der Waals surface area contributed by atoms with Crippen LogP contribution in [0.1, 0.15) is 18.1 Å². The van der Waals surface area contributed by atoms with Crippen LogP contribution in [0.3, 0.4) is 0 Å². The number of hydrogen-bond acceptors (Lipinski definition) is 1. The van der Waals surface area contributed by atoms with Gasteiger partial charge in [-0.25, -0.2) is 4.39 Å². The Morgan fingerprint density at radius 2 is 1.86 bits per heavy atom. The van der Waals surface area contributed by atoms with Crippen molar-refractivity contribution < 1.29 is 4.39 Å². The largest absolute Gasteiger partial charge is 0.314 e. The molecular formula is C17H18BrClFN. The summed E-state index contributed by atoms with van der Waals surface area (Å²) in [5.74, 6) is -0.166. The van der Waals surface area contributed by atoms with E-state index in [1.54, 1.807) is 6.07 Å². The van der Waals surface area contributed by atoms with E-state index >= 15 is 0 Å². The summed E-state index contributed by atoms with van der Waals surface area (Å²) >= 11 is 9.61. The van der Waals surface area contributed by atoms with Crippen molar-refractivity contribution in [1.82, 2.24) is 5.32 Å². The van der Waals surface area contributed by atoms with Gasteiger partial charge in [-0.1, -0.05) is 52.7 Å². The SMILES string of the molecule is CCNC(Cc1cc(Br)ccc1F)Cc1ccccc1Cl. The molecule has 0 spiro atoms. The summed E-state index contributed by atoms with van der Waals surface area (Å²) < 4.78 is 14.8. The van der Waals surface area contributed by atoms with E-state index < -0.39 is 0 Å². The van der Waals surface area contributed by atoms with Crippen molar-refractivity contribution in [3.8, 4) is 0 Å². The second kappa shape index (κ2) is 7.92. The van der Waals surface area contributed by atoms with Crippen LogP contribution in [0.4, 0.5) is 4.39 Å². The van der Waals surface area contributed by atoms with E-state index in [9.17, 15) is 4.39 Å². The smallest absolute Gasteiger partial charge is 0.126 e. The topological polar surface area (TPSA) is 12.0 Å². The number of nitrogens with one attached hydrogen (secondary N) is 1. The van der Waals surface area contributed by atoms with Crippen LogP contribution in [0.25, 0.3) is 0 Å². The molecule has 0 aliphatic rings. The van der Waals surface area contributed by atoms with Crippen molar-refractivity contribution in [2.75, 3.05) is 6.54 Å². The Morgan fingerprint density at radius 3 is 2.57 bits per heavy atom. The van der Waals surface area contributed by atoms with Crippen molar-refractivity contribution in [2.24, 2.45) is 0 Å². The molecule has 0 aliphatic carbocycles. The maximum absolute atomic E-state index is 13.9. The van der Waals surface area contributed by atoms with Gasteiger partial charge in [0.05, 0.1) is 0 Å². The number of likely N-dealkylation sites (N-methyl/N-ethyl adjacent to an activating group) is 1. The average Bonchev–Trinajstić information content (AvgIpc) is 2.45. The second-order valence-corrected chi connectivity index (χ2v) is 6.31. The first-order valence-electron chi connectivity index (χ1n) is 7.01. The van der Waals surface area contributed by atoms with Gasteiger partial charge in [-0.3, -0.25) is 0 Å². The zero-order valence-electron chi connectivity index (χ0n) is 11.9. The monoisotopic (exact) mass is 369 g/mol. The fourth-order valence-corrected chi connectivity index (χ4v) is 3.02. The summed E-state index contributed by atoms with van der Waals surface area (Å²) in [4.78, 5) is 0. The summed E-state index contributed by atoms with van der Waals surface area (Å²) in [6.45, 7) is 2.89. The van der Waals surface area contributed by atoms with Gasteiger partial charge < -0.3 is 5.32 Å². The molecule has 2 aromatic carbocycles. The van der Waals surface area contributed by atoms with Crippen LogP contribution < -0.4 is 5.32 Å². The van der Waals surface area contributed by atoms with Crippen molar-refractivity contribution in [3.05, 3.63) is 68.9 Å². The van der Waals surface area contributed by atoms with E-state index in [1.807, 2.05) is 30.3 Å². The molecule has 21 heavy (non-hydrogen) atoms. The number of benzene rings is 2. The van der Waals surface area contributed by atoms with Crippen molar-refractivity contribution in [1.29, 1.82) is 0 Å². The summed E-state index contributed by atoms with van der Waals surface area (Å²) in [7, 11) is 0. The Labute approximate surface area is 138 Å². The van der Waals surface area contributed by atoms with Gasteiger partial charge in [0.1, 0.15) is 5.82 Å². The molecule has 2 rings (SSSR count). The minimum Gasteiger partial charge on any atom is -0.314 e. The molecule has 1 unspecified atom stereocenters. The van der Waals surface area contributed by atoms with E-state index in [4.69, 9.17) is 11.6 Å². The van der Waals surface area contributed by atoms with E-state index in [-0.39, 0.29) is 11.9 Å². The lowest BCUT2D eigenvalue weighted by Crippen LogP contribution is -2.33. The molecule has 112 valence electrons. The number of hydrogen-bond donors (Lipinski definition) is 1. The predicted octanol–water partition coefficient (Wildman–Crippen LogP) is 5.00. The molecule has 0 fully saturated rings. The molecule has 2 aromatic rings. The maximum atomic E-state index is 13.9. The lowest BCUT2D eigenvalue weighted by atomic mass is 9.98. The second-order valence-electron chi connectivity index (χ2n) is 4.99. The van der Waals surface area contributed by atoms with Crippen molar-refractivity contribution in [3.63, 3.8) is 0 Å². The van der Waals surface area contributed by atoms with E-state index in [1.165, 1.54) is 6.07 Å². The van der Waals surface area contributed by atoms with Crippen LogP contribution in [0.15, 0.2) is 46.9 Å². The quantitative estimate of drug-likeness (QED) is 0.754. The minimum absolute atomic E-state index is 0.152. The Balaban J connectivity index is 2.16. The highest BCUT2D eigenvalue weighted by Crippen LogP contribution is 2.21. The highest BCUT2D eigenvalue weighted by Gasteiger charge is 2.14. The van der Waals surface area contributed by atoms with Gasteiger partial charge in [0.2, 0.25) is 0 Å². The standard InChI is InChI=1S/C17H18BrClFN/c1-2-21-15(10-12-5-3-4-6-16(12)19)11-13-9-14(18)7-8-17(13)20/h3-9,15,21H,2,10-11H2,1H3. The van der Waals surface area contributed by atoms with Gasteiger partial charge in [0, 0.05) is 15.5 Å². The van der Waals surface area contributed by atoms with Crippen molar-refractivity contribution >= 4 is 27.5 Å². The third kappa shape index (κ3) is 4.80. The van der Waals surface area contributed by atoms with Gasteiger partial charge in [-0.15, -0.1) is 0 Å². The molecule has 1 atom stereocenters. The van der Waals surface area contributed by atoms with Crippen LogP contribution in [0.5, 0.6) is 0 Å². The predicted molar refractivity (Wildman–Crippen MR) is 90.4 cm³/mol.